The average molecular weight is 248 g/mol. The van der Waals surface area contributed by atoms with Gasteiger partial charge in [-0.1, -0.05) is 0 Å². The first-order chi connectivity index (χ1) is 7.31. The molecule has 2 unspecified atom stereocenters. The molecular formula is C10H20N2O3S. The lowest BCUT2D eigenvalue weighted by molar-refractivity contribution is 0.181. The molecule has 5 nitrogen and oxygen atoms in total. The largest absolute Gasteiger partial charge is 0.337 e. The van der Waals surface area contributed by atoms with E-state index in [2.05, 4.69) is 5.32 Å². The minimum absolute atomic E-state index is 0.00462. The Morgan fingerprint density at radius 1 is 1.31 bits per heavy atom. The van der Waals surface area contributed by atoms with Gasteiger partial charge in [-0.3, -0.25) is 0 Å². The van der Waals surface area contributed by atoms with Crippen molar-refractivity contribution in [3.05, 3.63) is 0 Å². The van der Waals surface area contributed by atoms with Crippen LogP contribution in [0.4, 0.5) is 4.79 Å². The quantitative estimate of drug-likeness (QED) is 0.796. The normalized spacial score (nSPS) is 25.8. The van der Waals surface area contributed by atoms with Crippen molar-refractivity contribution in [1.29, 1.82) is 0 Å². The van der Waals surface area contributed by atoms with Gasteiger partial charge in [0.25, 0.3) is 0 Å². The maximum Gasteiger partial charge on any atom is 0.317 e. The lowest BCUT2D eigenvalue weighted by Crippen LogP contribution is -2.46. The molecule has 0 aromatic carbocycles. The lowest BCUT2D eigenvalue weighted by Gasteiger charge is -2.26. The highest BCUT2D eigenvalue weighted by Crippen LogP contribution is 2.22. The van der Waals surface area contributed by atoms with Crippen molar-refractivity contribution < 1.29 is 13.2 Å². The van der Waals surface area contributed by atoms with E-state index in [4.69, 9.17) is 0 Å². The highest BCUT2D eigenvalue weighted by atomic mass is 32.2. The van der Waals surface area contributed by atoms with E-state index >= 15 is 0 Å². The zero-order chi connectivity index (χ0) is 12.3. The number of carbonyl (C=O) groups excluding carboxylic acids is 1. The predicted octanol–water partition coefficient (Wildman–Crippen LogP) is 0.613. The number of rotatable bonds is 3. The van der Waals surface area contributed by atoms with Gasteiger partial charge in [0.05, 0.1) is 5.75 Å². The van der Waals surface area contributed by atoms with Crippen LogP contribution in [-0.4, -0.2) is 50.0 Å². The van der Waals surface area contributed by atoms with Gasteiger partial charge in [-0.2, -0.15) is 0 Å². The fourth-order valence-corrected chi connectivity index (χ4v) is 2.50. The van der Waals surface area contributed by atoms with Gasteiger partial charge >= 0.3 is 6.03 Å². The molecule has 1 saturated heterocycles. The topological polar surface area (TPSA) is 66.5 Å². The van der Waals surface area contributed by atoms with Crippen LogP contribution in [0.5, 0.6) is 0 Å². The Morgan fingerprint density at radius 3 is 2.25 bits per heavy atom. The van der Waals surface area contributed by atoms with Crippen LogP contribution in [0.2, 0.25) is 0 Å². The zero-order valence-corrected chi connectivity index (χ0v) is 10.9. The number of urea groups is 1. The molecule has 1 N–H and O–H groups in total. The van der Waals surface area contributed by atoms with Crippen molar-refractivity contribution in [2.24, 2.45) is 0 Å². The first-order valence-corrected chi connectivity index (χ1v) is 7.61. The minimum Gasteiger partial charge on any atom is -0.337 e. The fourth-order valence-electron chi connectivity index (χ4n) is 2.03. The third kappa shape index (κ3) is 3.66. The number of hydrogen-bond donors (Lipinski definition) is 1. The summed E-state index contributed by atoms with van der Waals surface area (Å²) >= 11 is 0. The summed E-state index contributed by atoms with van der Waals surface area (Å²) in [4.78, 5) is 13.6. The summed E-state index contributed by atoms with van der Waals surface area (Å²) in [5, 5.41) is 2.65. The van der Waals surface area contributed by atoms with Crippen molar-refractivity contribution in [3.8, 4) is 0 Å². The molecule has 0 aromatic rings. The van der Waals surface area contributed by atoms with Crippen LogP contribution in [0.3, 0.4) is 0 Å². The number of nitrogens with one attached hydrogen (secondary N) is 1. The highest BCUT2D eigenvalue weighted by Gasteiger charge is 2.30. The molecule has 0 aromatic heterocycles. The van der Waals surface area contributed by atoms with Crippen molar-refractivity contribution in [2.45, 2.75) is 38.8 Å². The summed E-state index contributed by atoms with van der Waals surface area (Å²) in [5.41, 5.74) is 0. The second-order valence-corrected chi connectivity index (χ2v) is 6.80. The van der Waals surface area contributed by atoms with E-state index in [0.29, 0.717) is 0 Å². The first kappa shape index (κ1) is 13.3. The van der Waals surface area contributed by atoms with Crippen molar-refractivity contribution in [3.63, 3.8) is 0 Å². The van der Waals surface area contributed by atoms with Gasteiger partial charge in [0.2, 0.25) is 0 Å². The van der Waals surface area contributed by atoms with Crippen molar-refractivity contribution >= 4 is 15.9 Å². The van der Waals surface area contributed by atoms with Gasteiger partial charge in [0.1, 0.15) is 9.84 Å². The second-order valence-electron chi connectivity index (χ2n) is 4.54. The standard InChI is InChI=1S/C10H20N2O3S/c1-8-4-5-9(2)12(8)10(13)11-6-7-16(3,14)15/h8-9H,4-7H2,1-3H3,(H,11,13). The molecule has 0 saturated carbocycles. The molecule has 0 spiro atoms. The molecule has 1 heterocycles. The summed E-state index contributed by atoms with van der Waals surface area (Å²) < 4.78 is 21.8. The molecule has 0 aliphatic carbocycles. The molecule has 94 valence electrons. The number of carbonyl (C=O) groups is 1. The molecule has 0 bridgehead atoms. The molecule has 0 radical (unpaired) electrons. The molecule has 1 aliphatic heterocycles. The third-order valence-electron chi connectivity index (χ3n) is 2.94. The van der Waals surface area contributed by atoms with Crippen LogP contribution in [0.1, 0.15) is 26.7 Å². The van der Waals surface area contributed by atoms with Gasteiger partial charge in [0.15, 0.2) is 0 Å². The van der Waals surface area contributed by atoms with Crippen LogP contribution in [0.15, 0.2) is 0 Å². The number of nitrogens with zero attached hydrogens (tertiary/aromatic N) is 1. The molecule has 6 heteroatoms. The third-order valence-corrected chi connectivity index (χ3v) is 3.88. The Hall–Kier alpha value is -0.780. The fraction of sp³-hybridized carbons (Fsp3) is 0.900. The van der Waals surface area contributed by atoms with Crippen LogP contribution in [-0.2, 0) is 9.84 Å². The first-order valence-electron chi connectivity index (χ1n) is 5.55. The zero-order valence-electron chi connectivity index (χ0n) is 10.1. The molecule has 1 aliphatic rings. The van der Waals surface area contributed by atoms with Crippen molar-refractivity contribution in [2.75, 3.05) is 18.6 Å². The molecular weight excluding hydrogens is 228 g/mol. The van der Waals surface area contributed by atoms with E-state index in [1.165, 1.54) is 6.26 Å². The Labute approximate surface area is 97.1 Å². The van der Waals surface area contributed by atoms with Gasteiger partial charge in [0, 0.05) is 24.9 Å². The Balaban J connectivity index is 2.41. The molecule has 1 rings (SSSR count). The van der Waals surface area contributed by atoms with Crippen molar-refractivity contribution in [1.82, 2.24) is 10.2 Å². The molecule has 2 amide bonds. The van der Waals surface area contributed by atoms with Crippen LogP contribution in [0, 0.1) is 0 Å². The summed E-state index contributed by atoms with van der Waals surface area (Å²) in [6.07, 6.45) is 3.20. The number of amides is 2. The maximum absolute atomic E-state index is 11.8. The van der Waals surface area contributed by atoms with E-state index in [1.807, 2.05) is 13.8 Å². The maximum atomic E-state index is 11.8. The SMILES string of the molecule is CC1CCC(C)N1C(=O)NCCS(C)(=O)=O. The smallest absolute Gasteiger partial charge is 0.317 e. The van der Waals surface area contributed by atoms with E-state index in [-0.39, 0.29) is 30.4 Å². The molecule has 1 fully saturated rings. The predicted molar refractivity (Wildman–Crippen MR) is 63.1 cm³/mol. The Bertz CT molecular complexity index is 343. The van der Waals surface area contributed by atoms with Gasteiger partial charge in [-0.25, -0.2) is 13.2 Å². The van der Waals surface area contributed by atoms with Gasteiger partial charge in [-0.15, -0.1) is 0 Å². The Morgan fingerprint density at radius 2 is 1.81 bits per heavy atom. The lowest BCUT2D eigenvalue weighted by atomic mass is 10.2. The minimum atomic E-state index is -3.00. The van der Waals surface area contributed by atoms with Gasteiger partial charge < -0.3 is 10.2 Å². The summed E-state index contributed by atoms with van der Waals surface area (Å²) in [5.74, 6) is -0.00462. The summed E-state index contributed by atoms with van der Waals surface area (Å²) in [6.45, 7) is 4.22. The monoisotopic (exact) mass is 248 g/mol. The summed E-state index contributed by atoms with van der Waals surface area (Å²) in [6, 6.07) is 0.336. The van der Waals surface area contributed by atoms with E-state index in [0.717, 1.165) is 12.8 Å². The van der Waals surface area contributed by atoms with Crippen LogP contribution in [0.25, 0.3) is 0 Å². The average Bonchev–Trinajstić information content (AvgIpc) is 2.43. The molecule has 2 atom stereocenters. The number of likely N-dealkylation sites (tertiary alicyclic amines) is 1. The Kier molecular flexibility index (Phi) is 4.18. The van der Waals surface area contributed by atoms with Crippen LogP contribution < -0.4 is 5.32 Å². The van der Waals surface area contributed by atoms with E-state index in [1.54, 1.807) is 4.90 Å². The van der Waals surface area contributed by atoms with E-state index < -0.39 is 9.84 Å². The second kappa shape index (κ2) is 5.03. The summed E-state index contributed by atoms with van der Waals surface area (Å²) in [7, 11) is -3.00. The number of hydrogen-bond acceptors (Lipinski definition) is 3. The number of sulfone groups is 1. The van der Waals surface area contributed by atoms with Crippen LogP contribution >= 0.6 is 0 Å². The van der Waals surface area contributed by atoms with E-state index in [9.17, 15) is 13.2 Å². The molecule has 16 heavy (non-hydrogen) atoms. The highest BCUT2D eigenvalue weighted by molar-refractivity contribution is 7.90. The van der Waals surface area contributed by atoms with Gasteiger partial charge in [-0.05, 0) is 26.7 Å².